The number of fused-ring (bicyclic) bond motifs is 2. The Hall–Kier alpha value is -1.91. The Morgan fingerprint density at radius 3 is 3.00 bits per heavy atom. The normalized spacial score (nSPS) is 24.7. The number of nitrogens with zero attached hydrogens (tertiary/aromatic N) is 2. The molecule has 1 aromatic heterocycles. The Bertz CT molecular complexity index is 853. The molecule has 1 aromatic carbocycles. The van der Waals surface area contributed by atoms with Crippen LogP contribution in [-0.2, 0) is 22.5 Å². The molecule has 0 bridgehead atoms. The summed E-state index contributed by atoms with van der Waals surface area (Å²) in [7, 11) is 0. The Kier molecular flexibility index (Phi) is 5.20. The molecule has 0 amide bonds. The van der Waals surface area contributed by atoms with Crippen molar-refractivity contribution in [3.63, 3.8) is 0 Å². The number of carbonyl (C=O) groups excluding carboxylic acids is 1. The molecule has 4 rings (SSSR count). The summed E-state index contributed by atoms with van der Waals surface area (Å²) in [5, 5.41) is 1.45. The van der Waals surface area contributed by atoms with Gasteiger partial charge in [-0.05, 0) is 43.5 Å². The molecule has 0 radical (unpaired) electrons. The van der Waals surface area contributed by atoms with Gasteiger partial charge in [0.05, 0.1) is 12.7 Å². The number of ether oxygens (including phenoxy) is 1. The molecule has 3 atom stereocenters. The van der Waals surface area contributed by atoms with E-state index < -0.39 is 0 Å². The first-order chi connectivity index (χ1) is 13.1. The number of carbonyl (C=O) groups is 1. The first-order valence-corrected chi connectivity index (χ1v) is 10.2. The van der Waals surface area contributed by atoms with Crippen LogP contribution in [0.25, 0.3) is 10.9 Å². The van der Waals surface area contributed by atoms with Crippen molar-refractivity contribution >= 4 is 16.7 Å². The fraction of sp³-hybridized carbons (Fsp3) is 0.522. The predicted molar refractivity (Wildman–Crippen MR) is 109 cm³/mol. The lowest BCUT2D eigenvalue weighted by Gasteiger charge is -2.46. The fourth-order valence-electron chi connectivity index (χ4n) is 5.07. The van der Waals surface area contributed by atoms with Crippen molar-refractivity contribution in [3.05, 3.63) is 48.2 Å². The van der Waals surface area contributed by atoms with E-state index in [1.165, 1.54) is 22.0 Å². The van der Waals surface area contributed by atoms with Crippen LogP contribution in [0.2, 0.25) is 0 Å². The van der Waals surface area contributed by atoms with Crippen LogP contribution >= 0.6 is 0 Å². The predicted octanol–water partition coefficient (Wildman–Crippen LogP) is 3.93. The Balaban J connectivity index is 1.66. The van der Waals surface area contributed by atoms with Crippen molar-refractivity contribution in [1.82, 2.24) is 9.47 Å². The SMILES string of the molecule is C=CCn1cc2c3c(cccc31)[C@H]1C[C@@H](OCCC(C)=O)CN(CC)[C@@H]1C2. The number of likely N-dealkylation sites (tertiary alicyclic amines) is 1. The Labute approximate surface area is 161 Å². The van der Waals surface area contributed by atoms with Gasteiger partial charge < -0.3 is 9.30 Å². The van der Waals surface area contributed by atoms with E-state index in [-0.39, 0.29) is 11.9 Å². The van der Waals surface area contributed by atoms with Gasteiger partial charge >= 0.3 is 0 Å². The van der Waals surface area contributed by atoms with E-state index in [2.05, 4.69) is 47.4 Å². The maximum Gasteiger partial charge on any atom is 0.132 e. The summed E-state index contributed by atoms with van der Waals surface area (Å²) in [6.07, 6.45) is 7.17. The molecule has 1 aliphatic heterocycles. The number of ketones is 1. The maximum atomic E-state index is 11.3. The number of piperidine rings is 1. The number of aromatic nitrogens is 1. The van der Waals surface area contributed by atoms with Gasteiger partial charge in [-0.3, -0.25) is 9.69 Å². The molecule has 1 aliphatic carbocycles. The van der Waals surface area contributed by atoms with Crippen LogP contribution in [0.5, 0.6) is 0 Å². The number of allylic oxidation sites excluding steroid dienone is 1. The van der Waals surface area contributed by atoms with Gasteiger partial charge in [0.25, 0.3) is 0 Å². The van der Waals surface area contributed by atoms with Gasteiger partial charge in [-0.15, -0.1) is 6.58 Å². The van der Waals surface area contributed by atoms with E-state index in [1.54, 1.807) is 6.92 Å². The van der Waals surface area contributed by atoms with E-state index in [1.807, 2.05) is 6.08 Å². The van der Waals surface area contributed by atoms with Crippen molar-refractivity contribution in [2.75, 3.05) is 19.7 Å². The molecule has 0 N–H and O–H groups in total. The summed E-state index contributed by atoms with van der Waals surface area (Å²) in [6, 6.07) is 7.28. The Morgan fingerprint density at radius 2 is 2.26 bits per heavy atom. The number of benzene rings is 1. The fourth-order valence-corrected chi connectivity index (χ4v) is 5.07. The molecule has 2 aromatic rings. The third-order valence-corrected chi connectivity index (χ3v) is 6.27. The molecule has 0 saturated carbocycles. The van der Waals surface area contributed by atoms with Crippen molar-refractivity contribution < 1.29 is 9.53 Å². The number of hydrogen-bond acceptors (Lipinski definition) is 3. The topological polar surface area (TPSA) is 34.5 Å². The number of hydrogen-bond donors (Lipinski definition) is 0. The van der Waals surface area contributed by atoms with Gasteiger partial charge in [-0.2, -0.15) is 0 Å². The van der Waals surface area contributed by atoms with E-state index in [9.17, 15) is 4.79 Å². The first-order valence-electron chi connectivity index (χ1n) is 10.2. The molecule has 2 aliphatic rings. The lowest BCUT2D eigenvalue weighted by Crippen LogP contribution is -2.52. The first kappa shape index (κ1) is 18.5. The van der Waals surface area contributed by atoms with Crippen LogP contribution < -0.4 is 0 Å². The van der Waals surface area contributed by atoms with Crippen LogP contribution in [0.15, 0.2) is 37.1 Å². The average Bonchev–Trinajstić information content (AvgIpc) is 3.01. The lowest BCUT2D eigenvalue weighted by molar-refractivity contribution is -0.119. The van der Waals surface area contributed by atoms with Gasteiger partial charge in [-0.1, -0.05) is 25.1 Å². The molecule has 1 saturated heterocycles. The molecular formula is C23H30N2O2. The average molecular weight is 367 g/mol. The van der Waals surface area contributed by atoms with Crippen LogP contribution in [0, 0.1) is 0 Å². The second-order valence-electron chi connectivity index (χ2n) is 7.98. The van der Waals surface area contributed by atoms with Crippen molar-refractivity contribution in [3.8, 4) is 0 Å². The summed E-state index contributed by atoms with van der Waals surface area (Å²) in [6.45, 7) is 11.2. The second-order valence-corrected chi connectivity index (χ2v) is 7.98. The zero-order chi connectivity index (χ0) is 19.0. The summed E-state index contributed by atoms with van der Waals surface area (Å²) >= 11 is 0. The summed E-state index contributed by atoms with van der Waals surface area (Å²) in [4.78, 5) is 13.8. The molecular weight excluding hydrogens is 336 g/mol. The van der Waals surface area contributed by atoms with Crippen LogP contribution in [0.4, 0.5) is 0 Å². The highest BCUT2D eigenvalue weighted by atomic mass is 16.5. The van der Waals surface area contributed by atoms with Crippen LogP contribution in [0.3, 0.4) is 0 Å². The highest BCUT2D eigenvalue weighted by molar-refractivity contribution is 5.89. The smallest absolute Gasteiger partial charge is 0.132 e. The molecule has 0 spiro atoms. The van der Waals surface area contributed by atoms with Crippen molar-refractivity contribution in [2.24, 2.45) is 0 Å². The van der Waals surface area contributed by atoms with Gasteiger partial charge in [-0.25, -0.2) is 0 Å². The monoisotopic (exact) mass is 366 g/mol. The van der Waals surface area contributed by atoms with E-state index >= 15 is 0 Å². The molecule has 2 heterocycles. The minimum Gasteiger partial charge on any atom is -0.376 e. The molecule has 4 heteroatoms. The van der Waals surface area contributed by atoms with Crippen LogP contribution in [-0.4, -0.2) is 47.1 Å². The third-order valence-electron chi connectivity index (χ3n) is 6.27. The molecule has 4 nitrogen and oxygen atoms in total. The van der Waals surface area contributed by atoms with Gasteiger partial charge in [0.2, 0.25) is 0 Å². The largest absolute Gasteiger partial charge is 0.376 e. The van der Waals surface area contributed by atoms with Gasteiger partial charge in [0, 0.05) is 48.6 Å². The molecule has 0 unspecified atom stereocenters. The van der Waals surface area contributed by atoms with E-state index in [0.29, 0.717) is 25.0 Å². The van der Waals surface area contributed by atoms with Crippen molar-refractivity contribution in [1.29, 1.82) is 0 Å². The highest BCUT2D eigenvalue weighted by Gasteiger charge is 2.40. The summed E-state index contributed by atoms with van der Waals surface area (Å²) < 4.78 is 8.45. The minimum atomic E-state index is 0.201. The highest BCUT2D eigenvalue weighted by Crippen LogP contribution is 2.44. The molecule has 1 fully saturated rings. The third kappa shape index (κ3) is 3.37. The number of rotatable bonds is 7. The zero-order valence-corrected chi connectivity index (χ0v) is 16.5. The van der Waals surface area contributed by atoms with Crippen LogP contribution in [0.1, 0.15) is 43.7 Å². The second kappa shape index (κ2) is 7.61. The zero-order valence-electron chi connectivity index (χ0n) is 16.5. The Morgan fingerprint density at radius 1 is 1.41 bits per heavy atom. The molecule has 27 heavy (non-hydrogen) atoms. The quantitative estimate of drug-likeness (QED) is 0.697. The maximum absolute atomic E-state index is 11.3. The standard InChI is InChI=1S/C23H30N2O2/c1-4-10-25-14-17-12-22-20(19-7-6-8-21(25)23(17)19)13-18(15-24(22)5-2)27-11-9-16(3)26/h4,6-8,14,18,20,22H,1,5,9-13,15H2,2-3H3/t18-,20-,22-/m1/s1. The lowest BCUT2D eigenvalue weighted by atomic mass is 9.74. The number of likely N-dealkylation sites (N-methyl/N-ethyl adjacent to an activating group) is 1. The van der Waals surface area contributed by atoms with Gasteiger partial charge in [0.1, 0.15) is 5.78 Å². The van der Waals surface area contributed by atoms with E-state index in [0.717, 1.165) is 32.5 Å². The number of Topliss-reactive ketones (excluding diaryl/α,β-unsaturated/α-hetero) is 1. The molecule has 144 valence electrons. The van der Waals surface area contributed by atoms with E-state index in [4.69, 9.17) is 4.74 Å². The minimum absolute atomic E-state index is 0.201. The van der Waals surface area contributed by atoms with Gasteiger partial charge in [0.15, 0.2) is 0 Å². The van der Waals surface area contributed by atoms with Crippen molar-refractivity contribution in [2.45, 2.75) is 57.7 Å². The summed E-state index contributed by atoms with van der Waals surface area (Å²) in [5.74, 6) is 0.698. The summed E-state index contributed by atoms with van der Waals surface area (Å²) in [5.41, 5.74) is 4.27.